The van der Waals surface area contributed by atoms with Crippen molar-refractivity contribution in [2.24, 2.45) is 16.6 Å². The summed E-state index contributed by atoms with van der Waals surface area (Å²) >= 11 is 2.00. The summed E-state index contributed by atoms with van der Waals surface area (Å²) < 4.78 is 5.93. The molecule has 0 bridgehead atoms. The number of nitrogens with zero attached hydrogens (tertiary/aromatic N) is 2. The number of thioether (sulfide) groups is 1. The molecule has 0 radical (unpaired) electrons. The normalized spacial score (nSPS) is 23.2. The summed E-state index contributed by atoms with van der Waals surface area (Å²) in [6, 6.07) is 0. The van der Waals surface area contributed by atoms with E-state index in [0.29, 0.717) is 6.10 Å². The summed E-state index contributed by atoms with van der Waals surface area (Å²) in [6.07, 6.45) is 6.79. The van der Waals surface area contributed by atoms with E-state index in [4.69, 9.17) is 10.5 Å². The maximum atomic E-state index is 6.09. The molecule has 1 unspecified atom stereocenters. The monoisotopic (exact) mass is 299 g/mol. The smallest absolute Gasteiger partial charge is 0.191 e. The molecule has 0 aromatic carbocycles. The van der Waals surface area contributed by atoms with Crippen molar-refractivity contribution < 1.29 is 4.74 Å². The number of ether oxygens (including phenoxy) is 1. The summed E-state index contributed by atoms with van der Waals surface area (Å²) in [5, 5.41) is 0. The van der Waals surface area contributed by atoms with Crippen LogP contribution < -0.4 is 5.73 Å². The molecule has 1 heterocycles. The van der Waals surface area contributed by atoms with E-state index in [9.17, 15) is 0 Å². The van der Waals surface area contributed by atoms with Gasteiger partial charge in [0.1, 0.15) is 0 Å². The summed E-state index contributed by atoms with van der Waals surface area (Å²) in [7, 11) is 0. The predicted molar refractivity (Wildman–Crippen MR) is 87.4 cm³/mol. The average molecular weight is 299 g/mol. The van der Waals surface area contributed by atoms with Gasteiger partial charge in [-0.05, 0) is 32.1 Å². The van der Waals surface area contributed by atoms with Crippen LogP contribution in [0.25, 0.3) is 0 Å². The van der Waals surface area contributed by atoms with Crippen molar-refractivity contribution in [1.29, 1.82) is 0 Å². The van der Waals surface area contributed by atoms with Crippen molar-refractivity contribution >= 4 is 17.7 Å². The minimum atomic E-state index is 0.385. The van der Waals surface area contributed by atoms with Gasteiger partial charge in [0.2, 0.25) is 0 Å². The van der Waals surface area contributed by atoms with E-state index < -0.39 is 0 Å². The Morgan fingerprint density at radius 1 is 1.35 bits per heavy atom. The first-order chi connectivity index (χ1) is 9.81. The van der Waals surface area contributed by atoms with E-state index in [-0.39, 0.29) is 0 Å². The van der Waals surface area contributed by atoms with Crippen LogP contribution in [-0.2, 0) is 4.74 Å². The Balaban J connectivity index is 1.76. The first-order valence-corrected chi connectivity index (χ1v) is 9.21. The van der Waals surface area contributed by atoms with E-state index in [1.807, 2.05) is 11.8 Å². The third kappa shape index (κ3) is 4.85. The van der Waals surface area contributed by atoms with Gasteiger partial charge in [-0.1, -0.05) is 12.8 Å². The molecule has 2 N–H and O–H groups in total. The highest BCUT2D eigenvalue weighted by Crippen LogP contribution is 2.30. The second kappa shape index (κ2) is 8.78. The van der Waals surface area contributed by atoms with Gasteiger partial charge >= 0.3 is 0 Å². The van der Waals surface area contributed by atoms with Crippen molar-refractivity contribution in [2.45, 2.75) is 45.1 Å². The van der Waals surface area contributed by atoms with Gasteiger partial charge in [0.25, 0.3) is 0 Å². The Morgan fingerprint density at radius 3 is 2.70 bits per heavy atom. The lowest BCUT2D eigenvalue weighted by Crippen LogP contribution is -2.42. The Morgan fingerprint density at radius 2 is 2.05 bits per heavy atom. The van der Waals surface area contributed by atoms with Crippen LogP contribution in [0.3, 0.4) is 0 Å². The molecule has 20 heavy (non-hydrogen) atoms. The molecule has 0 aromatic rings. The third-order valence-corrected chi connectivity index (χ3v) is 5.27. The molecular formula is C15H29N3OS. The maximum Gasteiger partial charge on any atom is 0.191 e. The molecule has 116 valence electrons. The number of rotatable bonds is 6. The zero-order chi connectivity index (χ0) is 14.2. The molecule has 1 aliphatic heterocycles. The number of hydrogen-bond donors (Lipinski definition) is 1. The second-order valence-corrected chi connectivity index (χ2v) is 6.89. The topological polar surface area (TPSA) is 50.9 Å². The van der Waals surface area contributed by atoms with Crippen LogP contribution in [-0.4, -0.2) is 54.7 Å². The molecule has 0 amide bonds. The summed E-state index contributed by atoms with van der Waals surface area (Å²) in [5.41, 5.74) is 6.09. The zero-order valence-electron chi connectivity index (χ0n) is 12.7. The van der Waals surface area contributed by atoms with Crippen LogP contribution in [0, 0.1) is 5.92 Å². The van der Waals surface area contributed by atoms with Crippen molar-refractivity contribution in [2.75, 3.05) is 37.7 Å². The third-order valence-electron chi connectivity index (χ3n) is 4.33. The highest BCUT2D eigenvalue weighted by molar-refractivity contribution is 7.99. The fourth-order valence-corrected chi connectivity index (χ4v) is 4.10. The van der Waals surface area contributed by atoms with Gasteiger partial charge in [0, 0.05) is 37.7 Å². The number of nitrogens with two attached hydrogens (primary N) is 1. The average Bonchev–Trinajstić information content (AvgIpc) is 3.01. The Hall–Kier alpha value is -0.420. The Kier molecular flexibility index (Phi) is 7.00. The summed E-state index contributed by atoms with van der Waals surface area (Å²) in [5.74, 6) is 3.81. The molecule has 1 saturated heterocycles. The molecular weight excluding hydrogens is 270 g/mol. The minimum Gasteiger partial charge on any atom is -0.378 e. The van der Waals surface area contributed by atoms with Crippen LogP contribution in [0.2, 0.25) is 0 Å². The lowest BCUT2D eigenvalue weighted by molar-refractivity contribution is 0.0177. The molecule has 2 rings (SSSR count). The van der Waals surface area contributed by atoms with Crippen LogP contribution in [0.15, 0.2) is 4.99 Å². The van der Waals surface area contributed by atoms with Gasteiger partial charge in [-0.3, -0.25) is 4.99 Å². The van der Waals surface area contributed by atoms with Crippen LogP contribution in [0.5, 0.6) is 0 Å². The van der Waals surface area contributed by atoms with Gasteiger partial charge < -0.3 is 15.4 Å². The highest BCUT2D eigenvalue weighted by Gasteiger charge is 2.25. The largest absolute Gasteiger partial charge is 0.378 e. The molecule has 2 fully saturated rings. The molecule has 1 saturated carbocycles. The fraction of sp³-hybridized carbons (Fsp3) is 0.933. The number of guanidine groups is 1. The fourth-order valence-electron chi connectivity index (χ4n) is 3.20. The SMILES string of the molecule is CCOC(CCN=C(N)N1CCSCC1)C1CCCC1. The summed E-state index contributed by atoms with van der Waals surface area (Å²) in [6.45, 7) is 5.78. The molecule has 5 heteroatoms. The molecule has 1 atom stereocenters. The number of aliphatic imine (C=N–C) groups is 1. The molecule has 2 aliphatic rings. The van der Waals surface area contributed by atoms with Crippen molar-refractivity contribution in [1.82, 2.24) is 4.90 Å². The van der Waals surface area contributed by atoms with E-state index in [1.165, 1.54) is 37.2 Å². The predicted octanol–water partition coefficient (Wildman–Crippen LogP) is 2.34. The lowest BCUT2D eigenvalue weighted by Gasteiger charge is -2.27. The van der Waals surface area contributed by atoms with Crippen LogP contribution in [0.1, 0.15) is 39.0 Å². The van der Waals surface area contributed by atoms with E-state index in [0.717, 1.165) is 44.5 Å². The lowest BCUT2D eigenvalue weighted by atomic mass is 9.98. The molecule has 0 aromatic heterocycles. The van der Waals surface area contributed by atoms with Gasteiger partial charge in [0.15, 0.2) is 5.96 Å². The Labute approximate surface area is 127 Å². The van der Waals surface area contributed by atoms with Crippen LogP contribution >= 0.6 is 11.8 Å². The second-order valence-electron chi connectivity index (χ2n) is 5.67. The van der Waals surface area contributed by atoms with Gasteiger partial charge in [-0.2, -0.15) is 11.8 Å². The summed E-state index contributed by atoms with van der Waals surface area (Å²) in [4.78, 5) is 6.78. The van der Waals surface area contributed by atoms with E-state index in [2.05, 4.69) is 16.8 Å². The van der Waals surface area contributed by atoms with Gasteiger partial charge in [-0.25, -0.2) is 0 Å². The van der Waals surface area contributed by atoms with Crippen molar-refractivity contribution in [3.8, 4) is 0 Å². The van der Waals surface area contributed by atoms with Crippen molar-refractivity contribution in [3.63, 3.8) is 0 Å². The maximum absolute atomic E-state index is 6.09. The van der Waals surface area contributed by atoms with E-state index in [1.54, 1.807) is 0 Å². The van der Waals surface area contributed by atoms with Crippen molar-refractivity contribution in [3.05, 3.63) is 0 Å². The highest BCUT2D eigenvalue weighted by atomic mass is 32.2. The minimum absolute atomic E-state index is 0.385. The van der Waals surface area contributed by atoms with Gasteiger partial charge in [0.05, 0.1) is 6.10 Å². The van der Waals surface area contributed by atoms with Crippen LogP contribution in [0.4, 0.5) is 0 Å². The quantitative estimate of drug-likeness (QED) is 0.604. The number of hydrogen-bond acceptors (Lipinski definition) is 3. The standard InChI is InChI=1S/C15H29N3OS/c1-2-19-14(13-5-3-4-6-13)7-8-17-15(16)18-9-11-20-12-10-18/h13-14H,2-12H2,1H3,(H2,16,17). The molecule has 1 aliphatic carbocycles. The zero-order valence-corrected chi connectivity index (χ0v) is 13.5. The molecule has 4 nitrogen and oxygen atoms in total. The molecule has 0 spiro atoms. The first-order valence-electron chi connectivity index (χ1n) is 8.05. The van der Waals surface area contributed by atoms with E-state index >= 15 is 0 Å². The first kappa shape index (κ1) is 16.0. The Bertz CT molecular complexity index is 299. The van der Waals surface area contributed by atoms with Gasteiger partial charge in [-0.15, -0.1) is 0 Å².